The number of hydrogen-bond donors (Lipinski definition) is 3. The van der Waals surface area contributed by atoms with Crippen molar-refractivity contribution in [1.29, 1.82) is 0 Å². The Bertz CT molecular complexity index is 1160. The Morgan fingerprint density at radius 2 is 1.91 bits per heavy atom. The van der Waals surface area contributed by atoms with Gasteiger partial charge in [0.15, 0.2) is 0 Å². The number of carbonyl (C=O) groups excluding carboxylic acids is 1. The van der Waals surface area contributed by atoms with Crippen LogP contribution < -0.4 is 16.0 Å². The first-order chi connectivity index (χ1) is 15.5. The largest absolute Gasteiger partial charge is 0.481 e. The van der Waals surface area contributed by atoms with Gasteiger partial charge in [-0.3, -0.25) is 9.59 Å². The highest BCUT2D eigenvalue weighted by atomic mass is 32.1. The van der Waals surface area contributed by atoms with E-state index in [0.717, 1.165) is 46.0 Å². The third-order valence-corrected chi connectivity index (χ3v) is 7.64. The molecule has 32 heavy (non-hydrogen) atoms. The molecule has 2 aromatic carbocycles. The third kappa shape index (κ3) is 3.84. The van der Waals surface area contributed by atoms with Crippen molar-refractivity contribution in [3.63, 3.8) is 0 Å². The Hall–Kier alpha value is -2.97. The molecule has 4 N–H and O–H groups in total. The smallest absolute Gasteiger partial charge is 0.304 e. The summed E-state index contributed by atoms with van der Waals surface area (Å²) in [6.45, 7) is 2.98. The maximum atomic E-state index is 13.2. The summed E-state index contributed by atoms with van der Waals surface area (Å²) in [6.07, 6.45) is 0.713. The Balaban J connectivity index is 1.29. The van der Waals surface area contributed by atoms with Gasteiger partial charge in [0, 0.05) is 24.7 Å². The number of carboxylic acids is 1. The minimum Gasteiger partial charge on any atom is -0.481 e. The number of nitrogens with two attached hydrogens (primary N) is 1. The van der Waals surface area contributed by atoms with Crippen molar-refractivity contribution < 1.29 is 14.7 Å². The van der Waals surface area contributed by atoms with Crippen LogP contribution in [0.3, 0.4) is 0 Å². The van der Waals surface area contributed by atoms with Crippen LogP contribution in [0.5, 0.6) is 0 Å². The zero-order valence-corrected chi connectivity index (χ0v) is 18.5. The monoisotopic (exact) mass is 450 g/mol. The van der Waals surface area contributed by atoms with E-state index in [4.69, 9.17) is 5.73 Å². The van der Waals surface area contributed by atoms with E-state index in [1.165, 1.54) is 5.69 Å². The lowest BCUT2D eigenvalue weighted by Crippen LogP contribution is -2.49. The number of amides is 1. The van der Waals surface area contributed by atoms with E-state index in [9.17, 15) is 14.7 Å². The number of hydrogen-bond acceptors (Lipinski definition) is 6. The molecule has 2 aliphatic rings. The molecular weight excluding hydrogens is 424 g/mol. The molecule has 0 atom stereocenters. The number of rotatable bonds is 7. The lowest BCUT2D eigenvalue weighted by atomic mass is 9.80. The fourth-order valence-corrected chi connectivity index (χ4v) is 5.80. The number of carboxylic acid groups (broad SMARTS) is 1. The molecule has 1 saturated heterocycles. The van der Waals surface area contributed by atoms with E-state index in [1.54, 1.807) is 11.3 Å². The number of nitrogens with zero attached hydrogens (tertiary/aromatic N) is 2. The van der Waals surface area contributed by atoms with Crippen LogP contribution >= 0.6 is 11.3 Å². The van der Waals surface area contributed by atoms with Crippen LogP contribution in [0.15, 0.2) is 42.5 Å². The van der Waals surface area contributed by atoms with Crippen molar-refractivity contribution in [3.8, 4) is 0 Å². The molecule has 1 aliphatic heterocycles. The quantitative estimate of drug-likeness (QED) is 0.511. The van der Waals surface area contributed by atoms with Crippen molar-refractivity contribution in [1.82, 2.24) is 10.3 Å². The van der Waals surface area contributed by atoms with Gasteiger partial charge in [-0.1, -0.05) is 24.3 Å². The number of aliphatic carboxylic acids is 1. The molecule has 0 spiro atoms. The zero-order chi connectivity index (χ0) is 22.3. The second-order valence-corrected chi connectivity index (χ2v) is 10.0. The Kier molecular flexibility index (Phi) is 5.35. The highest BCUT2D eigenvalue weighted by Gasteiger charge is 2.45. The minimum absolute atomic E-state index is 0.184. The molecule has 3 aromatic rings. The average Bonchev–Trinajstić information content (AvgIpc) is 3.31. The van der Waals surface area contributed by atoms with Crippen molar-refractivity contribution >= 4 is 39.1 Å². The minimum atomic E-state index is -0.955. The average molecular weight is 451 g/mol. The van der Waals surface area contributed by atoms with Gasteiger partial charge in [0.2, 0.25) is 5.91 Å². The summed E-state index contributed by atoms with van der Waals surface area (Å²) in [5.41, 5.74) is 8.97. The Morgan fingerprint density at radius 3 is 2.56 bits per heavy atom. The van der Waals surface area contributed by atoms with Gasteiger partial charge in [-0.2, -0.15) is 0 Å². The fraction of sp³-hybridized carbons (Fsp3) is 0.375. The molecule has 1 amide bonds. The van der Waals surface area contributed by atoms with Gasteiger partial charge in [-0.05, 0) is 48.7 Å². The summed E-state index contributed by atoms with van der Waals surface area (Å²) >= 11 is 1.56. The molecule has 0 saturated carbocycles. The lowest BCUT2D eigenvalue weighted by Gasteiger charge is -2.40. The number of thiazole rings is 1. The van der Waals surface area contributed by atoms with E-state index in [-0.39, 0.29) is 12.3 Å². The Labute approximate surface area is 190 Å². The van der Waals surface area contributed by atoms with Crippen LogP contribution in [-0.2, 0) is 29.0 Å². The van der Waals surface area contributed by atoms with Crippen molar-refractivity contribution in [2.45, 2.75) is 25.8 Å². The highest BCUT2D eigenvalue weighted by molar-refractivity contribution is 7.18. The van der Waals surface area contributed by atoms with Crippen molar-refractivity contribution in [2.24, 2.45) is 17.1 Å². The molecule has 1 aromatic heterocycles. The van der Waals surface area contributed by atoms with Crippen LogP contribution in [0.1, 0.15) is 22.6 Å². The standard InChI is InChI=1S/C24H26N4O3S/c25-11-15-13-28(14-15)18-5-6-19-20(7-18)32-21(27-19)12-26-23(31)24(10-22(29)30)8-16-3-1-2-4-17(16)9-24/h1-7,15H,8-14,25H2,(H,26,31)(H,29,30). The first kappa shape index (κ1) is 20.9. The molecule has 5 rings (SSSR count). The predicted molar refractivity (Wildman–Crippen MR) is 125 cm³/mol. The molecule has 1 fully saturated rings. The molecule has 2 heterocycles. The molecule has 0 bridgehead atoms. The van der Waals surface area contributed by atoms with Gasteiger partial charge >= 0.3 is 5.97 Å². The summed E-state index contributed by atoms with van der Waals surface area (Å²) in [4.78, 5) is 31.7. The second kappa shape index (κ2) is 8.18. The fourth-order valence-electron chi connectivity index (χ4n) is 4.86. The molecule has 1 aliphatic carbocycles. The number of anilines is 1. The first-order valence-corrected chi connectivity index (χ1v) is 11.7. The number of benzene rings is 2. The highest BCUT2D eigenvalue weighted by Crippen LogP contribution is 2.40. The van der Waals surface area contributed by atoms with E-state index < -0.39 is 11.4 Å². The van der Waals surface area contributed by atoms with Gasteiger partial charge in [-0.25, -0.2) is 4.98 Å². The number of aromatic nitrogens is 1. The van der Waals surface area contributed by atoms with E-state index >= 15 is 0 Å². The normalized spacial score (nSPS) is 17.2. The molecule has 8 heteroatoms. The maximum absolute atomic E-state index is 13.2. The topological polar surface area (TPSA) is 109 Å². The van der Waals surface area contributed by atoms with Crippen molar-refractivity contribution in [2.75, 3.05) is 24.5 Å². The molecular formula is C24H26N4O3S. The van der Waals surface area contributed by atoms with E-state index in [1.807, 2.05) is 30.3 Å². The van der Waals surface area contributed by atoms with Gasteiger partial charge < -0.3 is 21.1 Å². The second-order valence-electron chi connectivity index (χ2n) is 8.92. The third-order valence-electron chi connectivity index (χ3n) is 6.62. The molecule has 0 unspecified atom stereocenters. The predicted octanol–water partition coefficient (Wildman–Crippen LogP) is 2.57. The summed E-state index contributed by atoms with van der Waals surface area (Å²) in [6, 6.07) is 14.1. The van der Waals surface area contributed by atoms with E-state index in [0.29, 0.717) is 25.3 Å². The Morgan fingerprint density at radius 1 is 1.19 bits per heavy atom. The van der Waals surface area contributed by atoms with Crippen LogP contribution in [-0.4, -0.2) is 41.6 Å². The first-order valence-electron chi connectivity index (χ1n) is 10.9. The van der Waals surface area contributed by atoms with Crippen LogP contribution in [0.4, 0.5) is 5.69 Å². The van der Waals surface area contributed by atoms with E-state index in [2.05, 4.69) is 27.3 Å². The molecule has 0 radical (unpaired) electrons. The number of nitrogens with one attached hydrogen (secondary N) is 1. The van der Waals surface area contributed by atoms with Gasteiger partial charge in [0.05, 0.1) is 28.6 Å². The summed E-state index contributed by atoms with van der Waals surface area (Å²) in [5.74, 6) is -0.606. The maximum Gasteiger partial charge on any atom is 0.304 e. The molecule has 7 nitrogen and oxygen atoms in total. The number of fused-ring (bicyclic) bond motifs is 2. The van der Waals surface area contributed by atoms with Crippen LogP contribution in [0.2, 0.25) is 0 Å². The SMILES string of the molecule is NCC1CN(c2ccc3nc(CNC(=O)C4(CC(=O)O)Cc5ccccc5C4)sc3c2)C1. The zero-order valence-electron chi connectivity index (χ0n) is 17.7. The van der Waals surface area contributed by atoms with Crippen molar-refractivity contribution in [3.05, 3.63) is 58.6 Å². The molecule has 166 valence electrons. The van der Waals surface area contributed by atoms with Gasteiger partial charge in [0.1, 0.15) is 5.01 Å². The van der Waals surface area contributed by atoms with Gasteiger partial charge in [-0.15, -0.1) is 11.3 Å². The lowest BCUT2D eigenvalue weighted by molar-refractivity contribution is -0.145. The van der Waals surface area contributed by atoms with Crippen LogP contribution in [0.25, 0.3) is 10.2 Å². The van der Waals surface area contributed by atoms with Gasteiger partial charge in [0.25, 0.3) is 0 Å². The number of carbonyl (C=O) groups is 2. The summed E-state index contributed by atoms with van der Waals surface area (Å²) in [7, 11) is 0. The summed E-state index contributed by atoms with van der Waals surface area (Å²) < 4.78 is 1.08. The van der Waals surface area contributed by atoms with Crippen LogP contribution in [0, 0.1) is 11.3 Å². The summed E-state index contributed by atoms with van der Waals surface area (Å²) in [5, 5.41) is 13.3.